The molecule has 1 aromatic rings. The van der Waals surface area contributed by atoms with Crippen LogP contribution in [0.15, 0.2) is 17.0 Å². The molecule has 13 heavy (non-hydrogen) atoms. The highest BCUT2D eigenvalue weighted by atomic mass is 32.2. The van der Waals surface area contributed by atoms with Gasteiger partial charge in [0, 0.05) is 12.1 Å². The topological polar surface area (TPSA) is 38.7 Å². The third kappa shape index (κ3) is 2.01. The van der Waals surface area contributed by atoms with E-state index in [1.807, 2.05) is 6.26 Å². The van der Waals surface area contributed by atoms with Gasteiger partial charge in [0.1, 0.15) is 17.2 Å². The van der Waals surface area contributed by atoms with Crippen LogP contribution in [0.1, 0.15) is 0 Å². The van der Waals surface area contributed by atoms with E-state index in [0.717, 1.165) is 4.90 Å². The van der Waals surface area contributed by atoms with Gasteiger partial charge in [-0.05, 0) is 6.26 Å². The van der Waals surface area contributed by atoms with Crippen LogP contribution in [-0.4, -0.2) is 25.6 Å². The lowest BCUT2D eigenvalue weighted by molar-refractivity contribution is 0.373. The highest BCUT2D eigenvalue weighted by Crippen LogP contribution is 2.39. The smallest absolute Gasteiger partial charge is 0.139 e. The molecule has 0 radical (unpaired) electrons. The van der Waals surface area contributed by atoms with Gasteiger partial charge in [-0.1, -0.05) is 0 Å². The highest BCUT2D eigenvalue weighted by molar-refractivity contribution is 7.98. The quantitative estimate of drug-likeness (QED) is 0.759. The number of ether oxygens (including phenoxy) is 2. The molecule has 0 saturated carbocycles. The molecule has 0 fully saturated rings. The van der Waals surface area contributed by atoms with Crippen molar-refractivity contribution in [1.29, 1.82) is 0 Å². The maximum absolute atomic E-state index is 9.55. The summed E-state index contributed by atoms with van der Waals surface area (Å²) in [6.45, 7) is 0. The molecule has 0 atom stereocenters. The first kappa shape index (κ1) is 10.1. The first-order valence-electron chi connectivity index (χ1n) is 3.72. The van der Waals surface area contributed by atoms with Crippen LogP contribution in [0.3, 0.4) is 0 Å². The largest absolute Gasteiger partial charge is 0.506 e. The average Bonchev–Trinajstić information content (AvgIpc) is 2.16. The summed E-state index contributed by atoms with van der Waals surface area (Å²) >= 11 is 1.44. The summed E-state index contributed by atoms with van der Waals surface area (Å²) in [6.07, 6.45) is 1.88. The van der Waals surface area contributed by atoms with E-state index in [0.29, 0.717) is 11.5 Å². The second-order valence-electron chi connectivity index (χ2n) is 2.38. The predicted molar refractivity (Wildman–Crippen MR) is 53.0 cm³/mol. The molecule has 3 nitrogen and oxygen atoms in total. The number of phenolic OH excluding ortho intramolecular Hbond substituents is 1. The van der Waals surface area contributed by atoms with Gasteiger partial charge in [-0.3, -0.25) is 0 Å². The second kappa shape index (κ2) is 4.28. The van der Waals surface area contributed by atoms with Gasteiger partial charge >= 0.3 is 0 Å². The molecule has 0 aromatic heterocycles. The minimum Gasteiger partial charge on any atom is -0.506 e. The van der Waals surface area contributed by atoms with E-state index in [2.05, 4.69) is 0 Å². The standard InChI is InChI=1S/C9H12O3S/c1-11-6-4-7(10)9(13-3)8(5-6)12-2/h4-5,10H,1-3H3. The zero-order chi connectivity index (χ0) is 9.84. The van der Waals surface area contributed by atoms with Crippen molar-refractivity contribution in [2.45, 2.75) is 4.90 Å². The van der Waals surface area contributed by atoms with Crippen LogP contribution in [0.25, 0.3) is 0 Å². The fourth-order valence-corrected chi connectivity index (χ4v) is 1.65. The molecule has 72 valence electrons. The summed E-state index contributed by atoms with van der Waals surface area (Å²) in [5, 5.41) is 9.55. The van der Waals surface area contributed by atoms with E-state index >= 15 is 0 Å². The van der Waals surface area contributed by atoms with Crippen LogP contribution >= 0.6 is 11.8 Å². The Morgan fingerprint density at radius 2 is 1.92 bits per heavy atom. The third-order valence-corrected chi connectivity index (χ3v) is 2.49. The molecule has 0 unspecified atom stereocenters. The van der Waals surface area contributed by atoms with E-state index in [9.17, 15) is 5.11 Å². The van der Waals surface area contributed by atoms with Gasteiger partial charge in [-0.15, -0.1) is 11.8 Å². The van der Waals surface area contributed by atoms with Gasteiger partial charge in [0.2, 0.25) is 0 Å². The maximum Gasteiger partial charge on any atom is 0.139 e. The third-order valence-electron chi connectivity index (χ3n) is 1.67. The van der Waals surface area contributed by atoms with Crippen LogP contribution in [0.4, 0.5) is 0 Å². The number of methoxy groups -OCH3 is 2. The maximum atomic E-state index is 9.55. The number of phenols is 1. The number of rotatable bonds is 3. The second-order valence-corrected chi connectivity index (χ2v) is 3.20. The minimum absolute atomic E-state index is 0.184. The Morgan fingerprint density at radius 1 is 1.23 bits per heavy atom. The number of hydrogen-bond acceptors (Lipinski definition) is 4. The van der Waals surface area contributed by atoms with Crippen molar-refractivity contribution in [1.82, 2.24) is 0 Å². The Morgan fingerprint density at radius 3 is 2.38 bits per heavy atom. The van der Waals surface area contributed by atoms with Crippen molar-refractivity contribution in [2.75, 3.05) is 20.5 Å². The van der Waals surface area contributed by atoms with Gasteiger partial charge in [0.15, 0.2) is 0 Å². The van der Waals surface area contributed by atoms with Crippen molar-refractivity contribution in [3.8, 4) is 17.2 Å². The van der Waals surface area contributed by atoms with Gasteiger partial charge in [0.25, 0.3) is 0 Å². The monoisotopic (exact) mass is 200 g/mol. The van der Waals surface area contributed by atoms with E-state index in [-0.39, 0.29) is 5.75 Å². The Labute approximate surface area is 81.7 Å². The number of benzene rings is 1. The molecule has 0 aliphatic carbocycles. The average molecular weight is 200 g/mol. The summed E-state index contributed by atoms with van der Waals surface area (Å²) in [6, 6.07) is 3.31. The molecular formula is C9H12O3S. The van der Waals surface area contributed by atoms with Crippen LogP contribution in [0.5, 0.6) is 17.2 Å². The van der Waals surface area contributed by atoms with Crippen molar-refractivity contribution in [3.05, 3.63) is 12.1 Å². The molecular weight excluding hydrogens is 188 g/mol. The fourth-order valence-electron chi connectivity index (χ4n) is 1.04. The Bertz CT molecular complexity index is 299. The van der Waals surface area contributed by atoms with E-state index in [4.69, 9.17) is 9.47 Å². The first-order chi connectivity index (χ1) is 6.22. The normalized spacial score (nSPS) is 9.77. The Kier molecular flexibility index (Phi) is 3.31. The molecule has 0 amide bonds. The molecule has 1 aromatic carbocycles. The van der Waals surface area contributed by atoms with Crippen molar-refractivity contribution >= 4 is 11.8 Å². The van der Waals surface area contributed by atoms with Crippen molar-refractivity contribution in [3.63, 3.8) is 0 Å². The Hall–Kier alpha value is -1.03. The number of thioether (sulfide) groups is 1. The van der Waals surface area contributed by atoms with Gasteiger partial charge in [-0.2, -0.15) is 0 Å². The number of aromatic hydroxyl groups is 1. The van der Waals surface area contributed by atoms with Gasteiger partial charge in [-0.25, -0.2) is 0 Å². The molecule has 0 heterocycles. The minimum atomic E-state index is 0.184. The molecule has 1 rings (SSSR count). The van der Waals surface area contributed by atoms with Gasteiger partial charge < -0.3 is 14.6 Å². The zero-order valence-electron chi connectivity index (χ0n) is 7.83. The SMILES string of the molecule is COc1cc(O)c(SC)c(OC)c1. The summed E-state index contributed by atoms with van der Waals surface area (Å²) in [4.78, 5) is 0.725. The fraction of sp³-hybridized carbons (Fsp3) is 0.333. The van der Waals surface area contributed by atoms with E-state index in [1.54, 1.807) is 26.4 Å². The molecule has 0 spiro atoms. The van der Waals surface area contributed by atoms with Gasteiger partial charge in [0.05, 0.1) is 19.1 Å². The van der Waals surface area contributed by atoms with E-state index < -0.39 is 0 Å². The van der Waals surface area contributed by atoms with Crippen molar-refractivity contribution < 1.29 is 14.6 Å². The molecule has 4 heteroatoms. The highest BCUT2D eigenvalue weighted by Gasteiger charge is 2.09. The van der Waals surface area contributed by atoms with Crippen LogP contribution in [0.2, 0.25) is 0 Å². The van der Waals surface area contributed by atoms with Crippen LogP contribution < -0.4 is 9.47 Å². The summed E-state index contributed by atoms with van der Waals surface area (Å²) in [7, 11) is 3.11. The van der Waals surface area contributed by atoms with Crippen LogP contribution in [-0.2, 0) is 0 Å². The molecule has 0 bridgehead atoms. The van der Waals surface area contributed by atoms with Crippen LogP contribution in [0, 0.1) is 0 Å². The lowest BCUT2D eigenvalue weighted by atomic mass is 10.3. The predicted octanol–water partition coefficient (Wildman–Crippen LogP) is 2.13. The Balaban J connectivity index is 3.20. The summed E-state index contributed by atoms with van der Waals surface area (Å²) in [5.41, 5.74) is 0. The first-order valence-corrected chi connectivity index (χ1v) is 4.94. The molecule has 0 saturated heterocycles. The number of hydrogen-bond donors (Lipinski definition) is 1. The lowest BCUT2D eigenvalue weighted by Crippen LogP contribution is -1.89. The van der Waals surface area contributed by atoms with Crippen molar-refractivity contribution in [2.24, 2.45) is 0 Å². The summed E-state index contributed by atoms with van der Waals surface area (Å²) < 4.78 is 10.1. The molecule has 1 N–H and O–H groups in total. The zero-order valence-corrected chi connectivity index (χ0v) is 8.64. The van der Waals surface area contributed by atoms with E-state index in [1.165, 1.54) is 11.8 Å². The molecule has 0 aliphatic rings. The lowest BCUT2D eigenvalue weighted by Gasteiger charge is -2.10. The molecule has 0 aliphatic heterocycles. The summed E-state index contributed by atoms with van der Waals surface area (Å²) in [5.74, 6) is 1.40.